The van der Waals surface area contributed by atoms with Crippen LogP contribution in [0.15, 0.2) is 59.7 Å². The van der Waals surface area contributed by atoms with E-state index in [0.29, 0.717) is 28.4 Å². The van der Waals surface area contributed by atoms with Gasteiger partial charge in [0.1, 0.15) is 11.5 Å². The van der Waals surface area contributed by atoms with Crippen LogP contribution in [0.2, 0.25) is 0 Å². The van der Waals surface area contributed by atoms with Gasteiger partial charge < -0.3 is 4.74 Å². The summed E-state index contributed by atoms with van der Waals surface area (Å²) in [7, 11) is 1.58. The highest BCUT2D eigenvalue weighted by molar-refractivity contribution is 6.11. The summed E-state index contributed by atoms with van der Waals surface area (Å²) in [6, 6.07) is 16.6. The monoisotopic (exact) mass is 374 g/mol. The van der Waals surface area contributed by atoms with Gasteiger partial charge in [-0.2, -0.15) is 5.10 Å². The molecule has 0 saturated carbocycles. The summed E-state index contributed by atoms with van der Waals surface area (Å²) in [5.74, 6) is 0.314. The molecule has 0 saturated heterocycles. The lowest BCUT2D eigenvalue weighted by Crippen LogP contribution is -2.22. The molecule has 0 aliphatic heterocycles. The number of nitrogens with zero attached hydrogens (tertiary/aromatic N) is 3. The Morgan fingerprint density at radius 3 is 2.07 bits per heavy atom. The minimum atomic E-state index is -0.337. The van der Waals surface area contributed by atoms with Gasteiger partial charge in [-0.3, -0.25) is 14.8 Å². The maximum Gasteiger partial charge on any atom is 0.271 e. The lowest BCUT2D eigenvalue weighted by Gasteiger charge is -2.09. The van der Waals surface area contributed by atoms with Crippen molar-refractivity contribution in [2.75, 3.05) is 7.11 Å². The molecule has 142 valence electrons. The first-order valence-corrected chi connectivity index (χ1v) is 8.88. The normalized spacial score (nSPS) is 10.3. The minimum Gasteiger partial charge on any atom is -0.496 e. The second-order valence-corrected chi connectivity index (χ2v) is 6.41. The third-order valence-electron chi connectivity index (χ3n) is 4.20. The van der Waals surface area contributed by atoms with E-state index in [9.17, 15) is 4.79 Å². The van der Waals surface area contributed by atoms with Crippen LogP contribution in [-0.2, 0) is 0 Å². The van der Waals surface area contributed by atoms with Crippen LogP contribution >= 0.6 is 0 Å². The van der Waals surface area contributed by atoms with E-state index < -0.39 is 0 Å². The molecular weight excluding hydrogens is 352 g/mol. The van der Waals surface area contributed by atoms with Crippen LogP contribution in [0.4, 0.5) is 0 Å². The standard InChI is InChI=1S/C22H22N4O2/c1-14-11-12-17(13-20(14)28-4)22(27)26-25-21(18-9-5-7-15(2)23-18)19-10-6-8-16(3)24-19/h5-13H,1-4H3,(H,26,27). The summed E-state index contributed by atoms with van der Waals surface area (Å²) in [4.78, 5) is 21.7. The highest BCUT2D eigenvalue weighted by Crippen LogP contribution is 2.19. The molecule has 1 N–H and O–H groups in total. The van der Waals surface area contributed by atoms with Crippen molar-refractivity contribution in [2.45, 2.75) is 20.8 Å². The Kier molecular flexibility index (Phi) is 5.79. The number of carbonyl (C=O) groups excluding carboxylic acids is 1. The number of hydrogen-bond donors (Lipinski definition) is 1. The van der Waals surface area contributed by atoms with Crippen LogP contribution in [0, 0.1) is 20.8 Å². The van der Waals surface area contributed by atoms with Crippen molar-refractivity contribution in [1.29, 1.82) is 0 Å². The first-order valence-electron chi connectivity index (χ1n) is 8.88. The number of pyridine rings is 2. The maximum atomic E-state index is 12.6. The number of hydrazone groups is 1. The van der Waals surface area contributed by atoms with Crippen molar-refractivity contribution in [3.05, 3.63) is 88.5 Å². The molecule has 2 heterocycles. The van der Waals surface area contributed by atoms with Gasteiger partial charge in [-0.15, -0.1) is 0 Å². The van der Waals surface area contributed by atoms with E-state index in [4.69, 9.17) is 4.74 Å². The van der Waals surface area contributed by atoms with Gasteiger partial charge in [0.05, 0.1) is 18.5 Å². The van der Waals surface area contributed by atoms with Crippen molar-refractivity contribution < 1.29 is 9.53 Å². The third kappa shape index (κ3) is 4.40. The predicted octanol–water partition coefficient (Wildman–Crippen LogP) is 3.59. The van der Waals surface area contributed by atoms with E-state index in [1.54, 1.807) is 19.2 Å². The quantitative estimate of drug-likeness (QED) is 0.547. The molecule has 1 aromatic carbocycles. The molecule has 28 heavy (non-hydrogen) atoms. The van der Waals surface area contributed by atoms with Crippen molar-refractivity contribution >= 4 is 11.6 Å². The Bertz CT molecular complexity index is 997. The highest BCUT2D eigenvalue weighted by Gasteiger charge is 2.13. The second kappa shape index (κ2) is 8.43. The maximum absolute atomic E-state index is 12.6. The first kappa shape index (κ1) is 19.2. The lowest BCUT2D eigenvalue weighted by atomic mass is 10.1. The molecular formula is C22H22N4O2. The molecule has 3 aromatic rings. The van der Waals surface area contributed by atoms with Crippen LogP contribution in [0.3, 0.4) is 0 Å². The van der Waals surface area contributed by atoms with Crippen LogP contribution in [0.5, 0.6) is 5.75 Å². The topological polar surface area (TPSA) is 76.5 Å². The molecule has 6 heteroatoms. The summed E-state index contributed by atoms with van der Waals surface area (Å²) >= 11 is 0. The summed E-state index contributed by atoms with van der Waals surface area (Å²) in [6.07, 6.45) is 0. The number of amides is 1. The molecule has 2 aromatic heterocycles. The Morgan fingerprint density at radius 2 is 1.54 bits per heavy atom. The Morgan fingerprint density at radius 1 is 0.929 bits per heavy atom. The third-order valence-corrected chi connectivity index (χ3v) is 4.20. The highest BCUT2D eigenvalue weighted by atomic mass is 16.5. The van der Waals surface area contributed by atoms with Crippen LogP contribution < -0.4 is 10.2 Å². The van der Waals surface area contributed by atoms with Gasteiger partial charge in [0.15, 0.2) is 0 Å². The number of methoxy groups -OCH3 is 1. The van der Waals surface area contributed by atoms with Gasteiger partial charge in [0.2, 0.25) is 0 Å². The van der Waals surface area contributed by atoms with Crippen molar-refractivity contribution in [3.63, 3.8) is 0 Å². The van der Waals surface area contributed by atoms with E-state index >= 15 is 0 Å². The molecule has 0 bridgehead atoms. The predicted molar refractivity (Wildman–Crippen MR) is 109 cm³/mol. The van der Waals surface area contributed by atoms with Gasteiger partial charge in [-0.05, 0) is 62.7 Å². The lowest BCUT2D eigenvalue weighted by molar-refractivity contribution is 0.0954. The Labute approximate surface area is 164 Å². The van der Waals surface area contributed by atoms with E-state index in [2.05, 4.69) is 20.5 Å². The van der Waals surface area contributed by atoms with Gasteiger partial charge in [-0.25, -0.2) is 5.43 Å². The number of rotatable bonds is 5. The van der Waals surface area contributed by atoms with E-state index in [-0.39, 0.29) is 5.91 Å². The molecule has 0 unspecified atom stereocenters. The fourth-order valence-corrected chi connectivity index (χ4v) is 2.73. The van der Waals surface area contributed by atoms with Gasteiger partial charge >= 0.3 is 0 Å². The van der Waals surface area contributed by atoms with Gasteiger partial charge in [-0.1, -0.05) is 18.2 Å². The molecule has 6 nitrogen and oxygen atoms in total. The molecule has 0 radical (unpaired) electrons. The van der Waals surface area contributed by atoms with Gasteiger partial charge in [0, 0.05) is 17.0 Å². The van der Waals surface area contributed by atoms with Crippen LogP contribution in [0.25, 0.3) is 0 Å². The largest absolute Gasteiger partial charge is 0.496 e. The van der Waals surface area contributed by atoms with Crippen LogP contribution in [-0.4, -0.2) is 28.7 Å². The molecule has 1 amide bonds. The average Bonchev–Trinajstić information content (AvgIpc) is 2.68. The number of carbonyl (C=O) groups is 1. The zero-order valence-electron chi connectivity index (χ0n) is 16.4. The second-order valence-electron chi connectivity index (χ2n) is 6.41. The summed E-state index contributed by atoms with van der Waals surface area (Å²) in [6.45, 7) is 5.73. The smallest absolute Gasteiger partial charge is 0.271 e. The molecule has 0 aliphatic rings. The van der Waals surface area contributed by atoms with E-state index in [1.165, 1.54) is 0 Å². The zero-order chi connectivity index (χ0) is 20.1. The Balaban J connectivity index is 1.96. The molecule has 3 rings (SSSR count). The number of hydrogen-bond acceptors (Lipinski definition) is 5. The Hall–Kier alpha value is -3.54. The minimum absolute atomic E-state index is 0.337. The van der Waals surface area contributed by atoms with E-state index in [0.717, 1.165) is 17.0 Å². The number of aryl methyl sites for hydroxylation is 3. The summed E-state index contributed by atoms with van der Waals surface area (Å²) in [5, 5.41) is 4.35. The molecule has 0 fully saturated rings. The van der Waals surface area contributed by atoms with Crippen molar-refractivity contribution in [3.8, 4) is 5.75 Å². The number of benzene rings is 1. The molecule has 0 atom stereocenters. The molecule has 0 aliphatic carbocycles. The fraction of sp³-hybridized carbons (Fsp3) is 0.182. The zero-order valence-corrected chi connectivity index (χ0v) is 16.4. The SMILES string of the molecule is COc1cc(C(=O)NN=C(c2cccc(C)n2)c2cccc(C)n2)ccc1C. The molecule has 0 spiro atoms. The fourth-order valence-electron chi connectivity index (χ4n) is 2.73. The van der Waals surface area contributed by atoms with Crippen LogP contribution in [0.1, 0.15) is 38.7 Å². The average molecular weight is 374 g/mol. The number of ether oxygens (including phenoxy) is 1. The number of aromatic nitrogens is 2. The summed E-state index contributed by atoms with van der Waals surface area (Å²) < 4.78 is 5.29. The van der Waals surface area contributed by atoms with Crippen molar-refractivity contribution in [2.24, 2.45) is 5.10 Å². The first-order chi connectivity index (χ1) is 13.5. The van der Waals surface area contributed by atoms with E-state index in [1.807, 2.05) is 63.2 Å². The van der Waals surface area contributed by atoms with Gasteiger partial charge in [0.25, 0.3) is 5.91 Å². The number of nitrogens with one attached hydrogen (secondary N) is 1. The van der Waals surface area contributed by atoms with Crippen molar-refractivity contribution in [1.82, 2.24) is 15.4 Å². The summed E-state index contributed by atoms with van der Waals surface area (Å²) in [5.41, 5.74) is 7.52.